The second kappa shape index (κ2) is 5.05. The van der Waals surface area contributed by atoms with Crippen molar-refractivity contribution >= 4 is 11.4 Å². The number of fused-ring (bicyclic) bond motifs is 3. The van der Waals surface area contributed by atoms with Gasteiger partial charge in [-0.05, 0) is 37.3 Å². The first-order chi connectivity index (χ1) is 11.1. The number of nitrogens with two attached hydrogens (primary N) is 1. The zero-order valence-electron chi connectivity index (χ0n) is 12.6. The van der Waals surface area contributed by atoms with Crippen LogP contribution in [0.5, 0.6) is 0 Å². The van der Waals surface area contributed by atoms with Crippen LogP contribution in [-0.4, -0.2) is 15.3 Å². The summed E-state index contributed by atoms with van der Waals surface area (Å²) in [5.41, 5.74) is 10.4. The largest absolute Gasteiger partial charge is 0.399 e. The van der Waals surface area contributed by atoms with Crippen molar-refractivity contribution in [1.82, 2.24) is 9.55 Å². The molecule has 0 atom stereocenters. The summed E-state index contributed by atoms with van der Waals surface area (Å²) in [6.07, 6.45) is 1.81. The predicted molar refractivity (Wildman–Crippen MR) is 88.5 cm³/mol. The van der Waals surface area contributed by atoms with Gasteiger partial charge in [0.25, 0.3) is 0 Å². The van der Waals surface area contributed by atoms with Crippen LogP contribution in [0.2, 0.25) is 0 Å². The highest BCUT2D eigenvalue weighted by atomic mass is 19.1. The molecule has 0 unspecified atom stereocenters. The molecule has 0 fully saturated rings. The molecule has 0 radical (unpaired) electrons. The van der Waals surface area contributed by atoms with E-state index in [9.17, 15) is 4.39 Å². The van der Waals surface area contributed by atoms with Crippen LogP contribution >= 0.6 is 0 Å². The minimum absolute atomic E-state index is 0.291. The van der Waals surface area contributed by atoms with Crippen LogP contribution in [0.1, 0.15) is 22.6 Å². The number of anilines is 1. The lowest BCUT2D eigenvalue weighted by molar-refractivity contribution is 0.625. The highest BCUT2D eigenvalue weighted by molar-refractivity contribution is 6.15. The number of halogens is 1. The molecule has 1 aromatic heterocycles. The molecule has 2 aromatic carbocycles. The zero-order chi connectivity index (χ0) is 16.0. The van der Waals surface area contributed by atoms with Crippen molar-refractivity contribution in [2.45, 2.75) is 13.5 Å². The zero-order valence-corrected chi connectivity index (χ0v) is 12.6. The average molecular weight is 306 g/mol. The maximum Gasteiger partial charge on any atom is 0.132 e. The number of imidazole rings is 1. The van der Waals surface area contributed by atoms with Gasteiger partial charge in [-0.3, -0.25) is 9.56 Å². The molecule has 0 saturated carbocycles. The van der Waals surface area contributed by atoms with Gasteiger partial charge in [0.2, 0.25) is 0 Å². The van der Waals surface area contributed by atoms with Crippen molar-refractivity contribution in [1.29, 1.82) is 0 Å². The molecule has 4 nitrogen and oxygen atoms in total. The maximum atomic E-state index is 14.3. The van der Waals surface area contributed by atoms with Crippen LogP contribution < -0.4 is 5.73 Å². The number of nitrogen functional groups attached to an aromatic ring is 1. The monoisotopic (exact) mass is 306 g/mol. The molecule has 0 amide bonds. The summed E-state index contributed by atoms with van der Waals surface area (Å²) in [5, 5.41) is 0. The van der Waals surface area contributed by atoms with Gasteiger partial charge in [-0.25, -0.2) is 9.37 Å². The van der Waals surface area contributed by atoms with E-state index in [1.165, 1.54) is 6.07 Å². The first kappa shape index (κ1) is 13.7. The lowest BCUT2D eigenvalue weighted by atomic mass is 9.99. The summed E-state index contributed by atoms with van der Waals surface area (Å²) in [7, 11) is 0. The first-order valence-corrected chi connectivity index (χ1v) is 7.38. The summed E-state index contributed by atoms with van der Waals surface area (Å²) < 4.78 is 16.4. The fraction of sp³-hybridized carbons (Fsp3) is 0.111. The molecule has 4 rings (SSSR count). The molecule has 1 aliphatic rings. The van der Waals surface area contributed by atoms with Crippen molar-refractivity contribution in [3.63, 3.8) is 0 Å². The molecule has 0 aliphatic carbocycles. The van der Waals surface area contributed by atoms with Crippen molar-refractivity contribution < 1.29 is 4.39 Å². The molecule has 0 bridgehead atoms. The summed E-state index contributed by atoms with van der Waals surface area (Å²) in [5.74, 6) is 0.581. The van der Waals surface area contributed by atoms with Crippen LogP contribution in [0.25, 0.3) is 5.69 Å². The Morgan fingerprint density at radius 1 is 1.13 bits per heavy atom. The summed E-state index contributed by atoms with van der Waals surface area (Å²) in [6, 6.07) is 12.3. The third-order valence-electron chi connectivity index (χ3n) is 4.06. The highest BCUT2D eigenvalue weighted by Gasteiger charge is 2.22. The minimum Gasteiger partial charge on any atom is -0.399 e. The molecule has 2 N–H and O–H groups in total. The fourth-order valence-electron chi connectivity index (χ4n) is 3.00. The number of aliphatic imine (C=N–C) groups is 1. The number of hydrogen-bond acceptors (Lipinski definition) is 3. The molecule has 23 heavy (non-hydrogen) atoms. The van der Waals surface area contributed by atoms with Gasteiger partial charge in [0.1, 0.15) is 11.6 Å². The molecular weight excluding hydrogens is 291 g/mol. The molecule has 2 heterocycles. The van der Waals surface area contributed by atoms with Gasteiger partial charge in [0.15, 0.2) is 0 Å². The van der Waals surface area contributed by atoms with Crippen LogP contribution in [0, 0.1) is 12.7 Å². The number of aryl methyl sites for hydroxylation is 1. The third kappa shape index (κ3) is 2.12. The van der Waals surface area contributed by atoms with Gasteiger partial charge in [-0.2, -0.15) is 0 Å². The van der Waals surface area contributed by atoms with Crippen molar-refractivity contribution in [2.24, 2.45) is 4.99 Å². The molecule has 5 heteroatoms. The van der Waals surface area contributed by atoms with E-state index < -0.39 is 0 Å². The van der Waals surface area contributed by atoms with E-state index >= 15 is 0 Å². The van der Waals surface area contributed by atoms with Gasteiger partial charge in [0.05, 0.1) is 29.8 Å². The van der Waals surface area contributed by atoms with E-state index in [2.05, 4.69) is 9.98 Å². The Morgan fingerprint density at radius 3 is 2.78 bits per heavy atom. The SMILES string of the molecule is Cc1ncc2n1-c1ccc(N)cc1C(c1ccccc1F)=NC2. The second-order valence-corrected chi connectivity index (χ2v) is 5.55. The van der Waals surface area contributed by atoms with E-state index in [4.69, 9.17) is 5.73 Å². The number of hydrogen-bond donors (Lipinski definition) is 1. The quantitative estimate of drug-likeness (QED) is 0.702. The molecule has 114 valence electrons. The average Bonchev–Trinajstić information content (AvgIpc) is 2.82. The minimum atomic E-state index is -0.291. The van der Waals surface area contributed by atoms with Crippen molar-refractivity contribution in [2.75, 3.05) is 5.73 Å². The standard InChI is InChI=1S/C18H15FN4/c1-11-21-9-13-10-22-18(14-4-2-3-5-16(14)19)15-8-12(20)6-7-17(15)23(11)13/h2-9H,10,20H2,1H3. The summed E-state index contributed by atoms with van der Waals surface area (Å²) in [4.78, 5) is 9.02. The van der Waals surface area contributed by atoms with Crippen molar-refractivity contribution in [3.8, 4) is 5.69 Å². The van der Waals surface area contributed by atoms with Crippen LogP contribution in [0.4, 0.5) is 10.1 Å². The van der Waals surface area contributed by atoms with Gasteiger partial charge in [-0.15, -0.1) is 0 Å². The van der Waals surface area contributed by atoms with Crippen LogP contribution in [-0.2, 0) is 6.54 Å². The lowest BCUT2D eigenvalue weighted by Gasteiger charge is -2.14. The highest BCUT2D eigenvalue weighted by Crippen LogP contribution is 2.28. The number of nitrogens with zero attached hydrogens (tertiary/aromatic N) is 3. The Hall–Kier alpha value is -2.95. The van der Waals surface area contributed by atoms with Gasteiger partial charge < -0.3 is 5.73 Å². The smallest absolute Gasteiger partial charge is 0.132 e. The Kier molecular flexibility index (Phi) is 3.01. The normalized spacial score (nSPS) is 13.0. The predicted octanol–water partition coefficient (Wildman–Crippen LogP) is 3.25. The van der Waals surface area contributed by atoms with E-state index in [1.54, 1.807) is 12.1 Å². The Labute approximate surface area is 133 Å². The maximum absolute atomic E-state index is 14.3. The summed E-state index contributed by atoms with van der Waals surface area (Å²) >= 11 is 0. The van der Waals surface area contributed by atoms with E-state index in [-0.39, 0.29) is 5.82 Å². The van der Waals surface area contributed by atoms with Gasteiger partial charge in [-0.1, -0.05) is 12.1 Å². The molecular formula is C18H15FN4. The number of aromatic nitrogens is 2. The number of benzene rings is 2. The molecule has 0 saturated heterocycles. The number of rotatable bonds is 1. The Bertz CT molecular complexity index is 940. The topological polar surface area (TPSA) is 56.2 Å². The third-order valence-corrected chi connectivity index (χ3v) is 4.06. The van der Waals surface area contributed by atoms with E-state index in [0.29, 0.717) is 23.5 Å². The first-order valence-electron chi connectivity index (χ1n) is 7.38. The lowest BCUT2D eigenvalue weighted by Crippen LogP contribution is -2.10. The molecule has 0 spiro atoms. The van der Waals surface area contributed by atoms with Gasteiger partial charge in [0, 0.05) is 16.8 Å². The Morgan fingerprint density at radius 2 is 1.96 bits per heavy atom. The van der Waals surface area contributed by atoms with Gasteiger partial charge >= 0.3 is 0 Å². The van der Waals surface area contributed by atoms with E-state index in [0.717, 1.165) is 22.8 Å². The fourth-order valence-corrected chi connectivity index (χ4v) is 3.00. The van der Waals surface area contributed by atoms with Crippen molar-refractivity contribution in [3.05, 3.63) is 77.1 Å². The van der Waals surface area contributed by atoms with E-state index in [1.807, 2.05) is 42.0 Å². The molecule has 3 aromatic rings. The van der Waals surface area contributed by atoms with Crippen LogP contribution in [0.3, 0.4) is 0 Å². The second-order valence-electron chi connectivity index (χ2n) is 5.55. The molecule has 1 aliphatic heterocycles. The Balaban J connectivity index is 2.03. The van der Waals surface area contributed by atoms with Crippen LogP contribution in [0.15, 0.2) is 53.7 Å². The summed E-state index contributed by atoms with van der Waals surface area (Å²) in [6.45, 7) is 2.39.